The molecular weight excluding hydrogens is 404 g/mol. The lowest BCUT2D eigenvalue weighted by Crippen LogP contribution is -2.24. The van der Waals surface area contributed by atoms with Gasteiger partial charge < -0.3 is 9.15 Å². The van der Waals surface area contributed by atoms with Crippen LogP contribution in [0.15, 0.2) is 101 Å². The second-order valence-corrected chi connectivity index (χ2v) is 9.42. The van der Waals surface area contributed by atoms with Crippen molar-refractivity contribution in [2.45, 2.75) is 19.3 Å². The number of hydrogen-bond donors (Lipinski definition) is 0. The topological polar surface area (TPSA) is 22.4 Å². The first kappa shape index (κ1) is 18.5. The summed E-state index contributed by atoms with van der Waals surface area (Å²) in [5.74, 6) is 1.73. The van der Waals surface area contributed by atoms with Crippen LogP contribution >= 0.6 is 0 Å². The molecule has 1 aliphatic heterocycles. The minimum Gasteiger partial charge on any atom is -0.453 e. The molecule has 0 atom stereocenters. The molecule has 0 saturated carbocycles. The predicted molar refractivity (Wildman–Crippen MR) is 135 cm³/mol. The number of fused-ring (bicyclic) bond motifs is 7. The summed E-state index contributed by atoms with van der Waals surface area (Å²) in [6, 6.07) is 34.2. The first-order chi connectivity index (χ1) is 16.1. The minimum absolute atomic E-state index is 0.219. The smallest absolute Gasteiger partial charge is 0.178 e. The van der Waals surface area contributed by atoms with Gasteiger partial charge in [0.05, 0.1) is 0 Å². The molecule has 2 nitrogen and oxygen atoms in total. The fourth-order valence-corrected chi connectivity index (χ4v) is 5.27. The molecule has 0 aliphatic carbocycles. The lowest BCUT2D eigenvalue weighted by atomic mass is 9.75. The molecule has 0 radical (unpaired) electrons. The van der Waals surface area contributed by atoms with Crippen LogP contribution in [0.3, 0.4) is 0 Å². The van der Waals surface area contributed by atoms with E-state index in [1.165, 1.54) is 27.5 Å². The highest BCUT2D eigenvalue weighted by molar-refractivity contribution is 6.07. The van der Waals surface area contributed by atoms with Crippen molar-refractivity contribution < 1.29 is 9.15 Å². The molecule has 0 unspecified atom stereocenters. The van der Waals surface area contributed by atoms with E-state index in [0.717, 1.165) is 39.0 Å². The maximum atomic E-state index is 6.52. The van der Waals surface area contributed by atoms with Gasteiger partial charge in [0.2, 0.25) is 0 Å². The second-order valence-electron chi connectivity index (χ2n) is 9.42. The van der Waals surface area contributed by atoms with Gasteiger partial charge >= 0.3 is 0 Å². The third-order valence-electron chi connectivity index (χ3n) is 7.12. The van der Waals surface area contributed by atoms with Crippen LogP contribution in [0.5, 0.6) is 11.5 Å². The molecule has 7 rings (SSSR count). The number of hydrogen-bond acceptors (Lipinski definition) is 2. The first-order valence-corrected chi connectivity index (χ1v) is 11.4. The standard InChI is InChI=1S/C31H22O2/c1-31(2)25-15-14-24-23-9-5-6-10-27(23)32-29(24)30(25)33-28-16-13-22(18-26(28)31)21-12-11-19-7-3-4-8-20(19)17-21/h3-18H,1-2H3. The van der Waals surface area contributed by atoms with Crippen LogP contribution in [0.4, 0.5) is 0 Å². The molecule has 0 bridgehead atoms. The fourth-order valence-electron chi connectivity index (χ4n) is 5.27. The van der Waals surface area contributed by atoms with Crippen LogP contribution in [0.25, 0.3) is 43.8 Å². The average molecular weight is 427 g/mol. The van der Waals surface area contributed by atoms with Crippen molar-refractivity contribution in [2.75, 3.05) is 0 Å². The molecule has 0 saturated heterocycles. The van der Waals surface area contributed by atoms with Gasteiger partial charge in [0.25, 0.3) is 0 Å². The summed E-state index contributed by atoms with van der Waals surface area (Å²) in [5.41, 5.74) is 6.25. The molecule has 2 heteroatoms. The summed E-state index contributed by atoms with van der Waals surface area (Å²) in [4.78, 5) is 0. The highest BCUT2D eigenvalue weighted by Gasteiger charge is 2.36. The summed E-state index contributed by atoms with van der Waals surface area (Å²) >= 11 is 0. The SMILES string of the molecule is CC1(C)c2cc(-c3ccc4ccccc4c3)ccc2Oc2c1ccc1c2oc2ccccc21. The van der Waals surface area contributed by atoms with E-state index in [0.29, 0.717) is 0 Å². The summed E-state index contributed by atoms with van der Waals surface area (Å²) in [7, 11) is 0. The number of rotatable bonds is 1. The Kier molecular flexibility index (Phi) is 3.64. The van der Waals surface area contributed by atoms with E-state index in [9.17, 15) is 0 Å². The predicted octanol–water partition coefficient (Wildman–Crippen LogP) is 8.84. The Morgan fingerprint density at radius 3 is 2.27 bits per heavy atom. The van der Waals surface area contributed by atoms with Gasteiger partial charge in [-0.05, 0) is 52.2 Å². The summed E-state index contributed by atoms with van der Waals surface area (Å²) < 4.78 is 12.8. The molecular formula is C31H22O2. The molecule has 2 heterocycles. The average Bonchev–Trinajstić information content (AvgIpc) is 3.23. The number of para-hydroxylation sites is 1. The maximum Gasteiger partial charge on any atom is 0.178 e. The summed E-state index contributed by atoms with van der Waals surface area (Å²) in [5, 5.41) is 4.72. The van der Waals surface area contributed by atoms with E-state index in [2.05, 4.69) is 92.7 Å². The Balaban J connectivity index is 1.40. The molecule has 0 fully saturated rings. The molecule has 0 spiro atoms. The summed E-state index contributed by atoms with van der Waals surface area (Å²) in [6.45, 7) is 4.54. The molecule has 0 amide bonds. The minimum atomic E-state index is -0.219. The van der Waals surface area contributed by atoms with Gasteiger partial charge in [-0.3, -0.25) is 0 Å². The third kappa shape index (κ3) is 2.61. The van der Waals surface area contributed by atoms with Crippen molar-refractivity contribution in [3.8, 4) is 22.6 Å². The molecule has 33 heavy (non-hydrogen) atoms. The van der Waals surface area contributed by atoms with Gasteiger partial charge in [-0.15, -0.1) is 0 Å². The van der Waals surface area contributed by atoms with E-state index in [-0.39, 0.29) is 5.41 Å². The number of benzene rings is 5. The maximum absolute atomic E-state index is 6.52. The molecule has 1 aliphatic rings. The number of ether oxygens (including phenoxy) is 1. The Bertz CT molecular complexity index is 1720. The van der Waals surface area contributed by atoms with Gasteiger partial charge in [-0.25, -0.2) is 0 Å². The van der Waals surface area contributed by atoms with Crippen LogP contribution in [0.2, 0.25) is 0 Å². The van der Waals surface area contributed by atoms with Crippen molar-refractivity contribution in [3.05, 3.63) is 108 Å². The third-order valence-corrected chi connectivity index (χ3v) is 7.12. The van der Waals surface area contributed by atoms with Gasteiger partial charge in [-0.1, -0.05) is 80.6 Å². The van der Waals surface area contributed by atoms with Gasteiger partial charge in [0.1, 0.15) is 11.3 Å². The Labute approximate surface area is 192 Å². The quantitative estimate of drug-likeness (QED) is 0.262. The van der Waals surface area contributed by atoms with Crippen LogP contribution in [-0.2, 0) is 5.41 Å². The molecule has 1 aromatic heterocycles. The van der Waals surface area contributed by atoms with E-state index in [4.69, 9.17) is 9.15 Å². The van der Waals surface area contributed by atoms with Gasteiger partial charge in [-0.2, -0.15) is 0 Å². The van der Waals surface area contributed by atoms with E-state index in [1.807, 2.05) is 18.2 Å². The van der Waals surface area contributed by atoms with Crippen molar-refractivity contribution in [2.24, 2.45) is 0 Å². The highest BCUT2D eigenvalue weighted by atomic mass is 16.5. The van der Waals surface area contributed by atoms with E-state index >= 15 is 0 Å². The normalized spacial score (nSPS) is 14.2. The van der Waals surface area contributed by atoms with Crippen molar-refractivity contribution >= 4 is 32.7 Å². The lowest BCUT2D eigenvalue weighted by molar-refractivity contribution is 0.415. The lowest BCUT2D eigenvalue weighted by Gasteiger charge is -2.34. The Morgan fingerprint density at radius 2 is 1.36 bits per heavy atom. The van der Waals surface area contributed by atoms with Crippen molar-refractivity contribution in [3.63, 3.8) is 0 Å². The van der Waals surface area contributed by atoms with Gasteiger partial charge in [0, 0.05) is 27.3 Å². The highest BCUT2D eigenvalue weighted by Crippen LogP contribution is 2.52. The van der Waals surface area contributed by atoms with Crippen LogP contribution in [-0.4, -0.2) is 0 Å². The van der Waals surface area contributed by atoms with Crippen molar-refractivity contribution in [1.29, 1.82) is 0 Å². The Morgan fingerprint density at radius 1 is 0.606 bits per heavy atom. The zero-order valence-corrected chi connectivity index (χ0v) is 18.6. The second kappa shape index (κ2) is 6.49. The number of furan rings is 1. The zero-order valence-electron chi connectivity index (χ0n) is 18.6. The molecule has 6 aromatic rings. The summed E-state index contributed by atoms with van der Waals surface area (Å²) in [6.07, 6.45) is 0. The van der Waals surface area contributed by atoms with Crippen LogP contribution in [0, 0.1) is 0 Å². The van der Waals surface area contributed by atoms with Gasteiger partial charge in [0.15, 0.2) is 11.3 Å². The van der Waals surface area contributed by atoms with E-state index in [1.54, 1.807) is 0 Å². The van der Waals surface area contributed by atoms with Crippen LogP contribution in [0.1, 0.15) is 25.0 Å². The Hall–Kier alpha value is -4.04. The zero-order chi connectivity index (χ0) is 22.2. The van der Waals surface area contributed by atoms with Crippen molar-refractivity contribution in [1.82, 2.24) is 0 Å². The van der Waals surface area contributed by atoms with Crippen LogP contribution < -0.4 is 4.74 Å². The van der Waals surface area contributed by atoms with E-state index < -0.39 is 0 Å². The molecule has 5 aromatic carbocycles. The monoisotopic (exact) mass is 426 g/mol. The first-order valence-electron chi connectivity index (χ1n) is 11.4. The molecule has 158 valence electrons. The molecule has 0 N–H and O–H groups in total. The largest absolute Gasteiger partial charge is 0.453 e. The fraction of sp³-hybridized carbons (Fsp3) is 0.0968.